The van der Waals surface area contributed by atoms with Gasteiger partial charge in [-0.3, -0.25) is 0 Å². The van der Waals surface area contributed by atoms with Gasteiger partial charge in [-0.2, -0.15) is 0 Å². The van der Waals surface area contributed by atoms with Gasteiger partial charge in [-0.05, 0) is 24.6 Å². The molecule has 18 heavy (non-hydrogen) atoms. The second-order valence-electron chi connectivity index (χ2n) is 4.25. The van der Waals surface area contributed by atoms with Crippen LogP contribution in [0.15, 0.2) is 23.1 Å². The summed E-state index contributed by atoms with van der Waals surface area (Å²) in [6, 6.07) is 2.98. The molecule has 1 aromatic carbocycles. The molecule has 1 heterocycles. The van der Waals surface area contributed by atoms with Crippen LogP contribution in [-0.2, 0) is 19.7 Å². The third-order valence-corrected chi connectivity index (χ3v) is 7.15. The summed E-state index contributed by atoms with van der Waals surface area (Å²) in [5.41, 5.74) is 5.28. The van der Waals surface area contributed by atoms with Gasteiger partial charge in [0.2, 0.25) is 0 Å². The average Bonchev–Trinajstić information content (AvgIpc) is 2.58. The Morgan fingerprint density at radius 3 is 2.50 bits per heavy atom. The van der Waals surface area contributed by atoms with Gasteiger partial charge < -0.3 is 5.73 Å². The SMILES string of the molecule is Nc1cc(F)ccc1S(=O)(=O)C1CCS(=O)(=O)C1. The Balaban J connectivity index is 2.44. The van der Waals surface area contributed by atoms with Gasteiger partial charge in [-0.1, -0.05) is 0 Å². The molecule has 1 aromatic rings. The lowest BCUT2D eigenvalue weighted by atomic mass is 10.3. The van der Waals surface area contributed by atoms with Gasteiger partial charge in [0.15, 0.2) is 19.7 Å². The van der Waals surface area contributed by atoms with E-state index in [0.29, 0.717) is 0 Å². The maximum absolute atomic E-state index is 12.9. The number of nitrogen functional groups attached to an aromatic ring is 1. The molecule has 0 spiro atoms. The molecule has 0 aromatic heterocycles. The summed E-state index contributed by atoms with van der Waals surface area (Å²) >= 11 is 0. The predicted octanol–water partition coefficient (Wildman–Crippen LogP) is 0.369. The summed E-state index contributed by atoms with van der Waals surface area (Å²) in [7, 11) is -7.13. The largest absolute Gasteiger partial charge is 0.398 e. The van der Waals surface area contributed by atoms with Crippen molar-refractivity contribution in [1.82, 2.24) is 0 Å². The van der Waals surface area contributed by atoms with E-state index in [0.717, 1.165) is 18.2 Å². The third kappa shape index (κ3) is 2.35. The lowest BCUT2D eigenvalue weighted by Gasteiger charge is -2.12. The fourth-order valence-corrected chi connectivity index (χ4v) is 6.43. The van der Waals surface area contributed by atoms with Crippen LogP contribution in [0.25, 0.3) is 0 Å². The molecule has 0 radical (unpaired) electrons. The molecule has 0 aliphatic carbocycles. The van der Waals surface area contributed by atoms with Crippen LogP contribution in [0, 0.1) is 5.82 Å². The molecule has 0 amide bonds. The number of halogens is 1. The van der Waals surface area contributed by atoms with E-state index in [2.05, 4.69) is 0 Å². The van der Waals surface area contributed by atoms with Crippen molar-refractivity contribution in [3.63, 3.8) is 0 Å². The van der Waals surface area contributed by atoms with E-state index in [1.807, 2.05) is 0 Å². The van der Waals surface area contributed by atoms with Crippen LogP contribution in [0.2, 0.25) is 0 Å². The van der Waals surface area contributed by atoms with E-state index in [1.165, 1.54) is 0 Å². The summed E-state index contributed by atoms with van der Waals surface area (Å²) in [5, 5.41) is -0.990. The summed E-state index contributed by atoms with van der Waals surface area (Å²) in [6.45, 7) is 0. The number of rotatable bonds is 2. The standard InChI is InChI=1S/C10H12FNO4S2/c11-7-1-2-10(9(12)5-7)18(15,16)8-3-4-17(13,14)6-8/h1-2,5,8H,3-4,6,12H2. The van der Waals surface area contributed by atoms with Crippen molar-refractivity contribution in [2.24, 2.45) is 0 Å². The average molecular weight is 293 g/mol. The minimum Gasteiger partial charge on any atom is -0.398 e. The maximum Gasteiger partial charge on any atom is 0.184 e. The Hall–Kier alpha value is -1.15. The first-order chi connectivity index (χ1) is 8.22. The first kappa shape index (κ1) is 13.3. The molecule has 100 valence electrons. The number of hydrogen-bond donors (Lipinski definition) is 1. The molecule has 1 aliphatic heterocycles. The van der Waals surface area contributed by atoms with Gasteiger partial charge in [0.25, 0.3) is 0 Å². The first-order valence-corrected chi connectivity index (χ1v) is 8.58. The fraction of sp³-hybridized carbons (Fsp3) is 0.400. The Kier molecular flexibility index (Phi) is 3.10. The summed E-state index contributed by atoms with van der Waals surface area (Å²) in [5.74, 6) is -1.17. The smallest absolute Gasteiger partial charge is 0.184 e. The number of nitrogens with two attached hydrogens (primary N) is 1. The molecule has 1 saturated heterocycles. The van der Waals surface area contributed by atoms with Crippen LogP contribution < -0.4 is 5.73 Å². The van der Waals surface area contributed by atoms with Gasteiger partial charge >= 0.3 is 0 Å². The molecule has 1 unspecified atom stereocenters. The number of anilines is 1. The molecule has 2 N–H and O–H groups in total. The van der Waals surface area contributed by atoms with Crippen LogP contribution in [0.1, 0.15) is 6.42 Å². The van der Waals surface area contributed by atoms with E-state index in [9.17, 15) is 21.2 Å². The van der Waals surface area contributed by atoms with Crippen LogP contribution in [0.4, 0.5) is 10.1 Å². The van der Waals surface area contributed by atoms with Gasteiger partial charge in [-0.25, -0.2) is 21.2 Å². The predicted molar refractivity (Wildman–Crippen MR) is 65.1 cm³/mol. The zero-order chi connectivity index (χ0) is 13.6. The quantitative estimate of drug-likeness (QED) is 0.628. The molecule has 1 aliphatic rings. The summed E-state index contributed by atoms with van der Waals surface area (Å²) < 4.78 is 59.8. The first-order valence-electron chi connectivity index (χ1n) is 5.22. The minimum absolute atomic E-state index is 0.0570. The lowest BCUT2D eigenvalue weighted by molar-refractivity contribution is 0.582. The number of benzene rings is 1. The number of hydrogen-bond acceptors (Lipinski definition) is 5. The van der Waals surface area contributed by atoms with Crippen LogP contribution >= 0.6 is 0 Å². The molecule has 1 fully saturated rings. The highest BCUT2D eigenvalue weighted by Gasteiger charge is 2.38. The van der Waals surface area contributed by atoms with Crippen LogP contribution in [0.3, 0.4) is 0 Å². The van der Waals surface area contributed by atoms with Crippen molar-refractivity contribution in [2.75, 3.05) is 17.2 Å². The zero-order valence-corrected chi connectivity index (χ0v) is 11.0. The second-order valence-corrected chi connectivity index (χ2v) is 8.68. The van der Waals surface area contributed by atoms with Crippen molar-refractivity contribution >= 4 is 25.4 Å². The van der Waals surface area contributed by atoms with E-state index in [-0.39, 0.29) is 22.8 Å². The zero-order valence-electron chi connectivity index (χ0n) is 9.34. The van der Waals surface area contributed by atoms with Gasteiger partial charge in [0.1, 0.15) is 5.82 Å². The van der Waals surface area contributed by atoms with E-state index in [4.69, 9.17) is 5.73 Å². The highest BCUT2D eigenvalue weighted by atomic mass is 32.2. The van der Waals surface area contributed by atoms with Crippen molar-refractivity contribution < 1.29 is 21.2 Å². The Labute approximate surface area is 105 Å². The summed E-state index contributed by atoms with van der Waals surface area (Å²) in [6.07, 6.45) is 0.0570. The Bertz CT molecular complexity index is 682. The monoisotopic (exact) mass is 293 g/mol. The van der Waals surface area contributed by atoms with E-state index >= 15 is 0 Å². The second kappa shape index (κ2) is 4.20. The molecular weight excluding hydrogens is 281 g/mol. The third-order valence-electron chi connectivity index (χ3n) is 2.91. The van der Waals surface area contributed by atoms with E-state index < -0.39 is 36.5 Å². The summed E-state index contributed by atoms with van der Waals surface area (Å²) in [4.78, 5) is -0.203. The normalized spacial score (nSPS) is 23.1. The fourth-order valence-electron chi connectivity index (χ4n) is 1.96. The van der Waals surface area contributed by atoms with E-state index in [1.54, 1.807) is 0 Å². The van der Waals surface area contributed by atoms with Crippen molar-refractivity contribution in [3.05, 3.63) is 24.0 Å². The lowest BCUT2D eigenvalue weighted by Crippen LogP contribution is -2.23. The van der Waals surface area contributed by atoms with Gasteiger partial charge in [0, 0.05) is 0 Å². The van der Waals surface area contributed by atoms with Crippen LogP contribution in [-0.4, -0.2) is 33.6 Å². The maximum atomic E-state index is 12.9. The van der Waals surface area contributed by atoms with Crippen molar-refractivity contribution in [2.45, 2.75) is 16.6 Å². The van der Waals surface area contributed by atoms with Gasteiger partial charge in [-0.15, -0.1) is 0 Å². The molecular formula is C10H12FNO4S2. The molecule has 8 heteroatoms. The molecule has 2 rings (SSSR count). The highest BCUT2D eigenvalue weighted by Crippen LogP contribution is 2.29. The Morgan fingerprint density at radius 2 is 2.00 bits per heavy atom. The Morgan fingerprint density at radius 1 is 1.33 bits per heavy atom. The van der Waals surface area contributed by atoms with Gasteiger partial charge in [0.05, 0.1) is 27.3 Å². The van der Waals surface area contributed by atoms with Crippen molar-refractivity contribution in [1.29, 1.82) is 0 Å². The highest BCUT2D eigenvalue weighted by molar-refractivity contribution is 7.96. The molecule has 1 atom stereocenters. The van der Waals surface area contributed by atoms with Crippen LogP contribution in [0.5, 0.6) is 0 Å². The molecule has 5 nitrogen and oxygen atoms in total. The van der Waals surface area contributed by atoms with Crippen molar-refractivity contribution in [3.8, 4) is 0 Å². The topological polar surface area (TPSA) is 94.3 Å². The molecule has 0 saturated carbocycles. The molecule has 0 bridgehead atoms. The number of sulfone groups is 2. The minimum atomic E-state index is -3.83.